The SMILES string of the molecule is C[C@@H](NC(=O)c1cccs1)C(=O)N(C)Cc1ccc2c(c1)OCO2. The third kappa shape index (κ3) is 3.51. The van der Waals surface area contributed by atoms with Crippen molar-refractivity contribution in [2.24, 2.45) is 0 Å². The highest BCUT2D eigenvalue weighted by Crippen LogP contribution is 2.32. The van der Waals surface area contributed by atoms with E-state index in [-0.39, 0.29) is 18.6 Å². The Morgan fingerprint density at radius 2 is 2.08 bits per heavy atom. The van der Waals surface area contributed by atoms with E-state index in [4.69, 9.17) is 9.47 Å². The van der Waals surface area contributed by atoms with E-state index in [1.165, 1.54) is 11.3 Å². The molecule has 3 rings (SSSR count). The number of nitrogens with zero attached hydrogens (tertiary/aromatic N) is 1. The molecule has 7 heteroatoms. The minimum absolute atomic E-state index is 0.155. The minimum atomic E-state index is -0.599. The van der Waals surface area contributed by atoms with E-state index in [0.717, 1.165) is 5.56 Å². The van der Waals surface area contributed by atoms with Gasteiger partial charge in [-0.25, -0.2) is 0 Å². The van der Waals surface area contributed by atoms with Gasteiger partial charge in [0.2, 0.25) is 12.7 Å². The van der Waals surface area contributed by atoms with Crippen LogP contribution in [0, 0.1) is 0 Å². The molecule has 1 aliphatic rings. The van der Waals surface area contributed by atoms with Crippen LogP contribution in [-0.4, -0.2) is 36.6 Å². The Balaban J connectivity index is 1.58. The second-order valence-corrected chi connectivity index (χ2v) is 6.50. The van der Waals surface area contributed by atoms with Gasteiger partial charge < -0.3 is 19.7 Å². The summed E-state index contributed by atoms with van der Waals surface area (Å²) in [6.45, 7) is 2.33. The van der Waals surface area contributed by atoms with Crippen molar-refractivity contribution in [2.45, 2.75) is 19.5 Å². The van der Waals surface area contributed by atoms with E-state index in [9.17, 15) is 9.59 Å². The smallest absolute Gasteiger partial charge is 0.261 e. The highest BCUT2D eigenvalue weighted by molar-refractivity contribution is 7.12. The van der Waals surface area contributed by atoms with E-state index in [0.29, 0.717) is 22.9 Å². The molecule has 1 N–H and O–H groups in total. The Labute approximate surface area is 144 Å². The number of ether oxygens (including phenoxy) is 2. The number of hydrogen-bond donors (Lipinski definition) is 1. The molecule has 0 saturated carbocycles. The van der Waals surface area contributed by atoms with Gasteiger partial charge in [0.1, 0.15) is 6.04 Å². The fraction of sp³-hybridized carbons (Fsp3) is 0.294. The maximum atomic E-state index is 12.4. The molecule has 1 aromatic carbocycles. The lowest BCUT2D eigenvalue weighted by Crippen LogP contribution is -2.45. The zero-order chi connectivity index (χ0) is 17.1. The van der Waals surface area contributed by atoms with Crippen LogP contribution in [0.2, 0.25) is 0 Å². The van der Waals surface area contributed by atoms with Crippen molar-refractivity contribution in [3.63, 3.8) is 0 Å². The number of likely N-dealkylation sites (N-methyl/N-ethyl adjacent to an activating group) is 1. The summed E-state index contributed by atoms with van der Waals surface area (Å²) < 4.78 is 10.6. The number of nitrogens with one attached hydrogen (secondary N) is 1. The van der Waals surface area contributed by atoms with Gasteiger partial charge in [0.05, 0.1) is 4.88 Å². The molecule has 0 bridgehead atoms. The number of thiophene rings is 1. The van der Waals surface area contributed by atoms with Gasteiger partial charge in [-0.3, -0.25) is 9.59 Å². The number of amides is 2. The summed E-state index contributed by atoms with van der Waals surface area (Å²) in [6, 6.07) is 8.52. The molecule has 1 atom stereocenters. The molecule has 1 aromatic heterocycles. The molecule has 0 saturated heterocycles. The number of hydrogen-bond acceptors (Lipinski definition) is 5. The highest BCUT2D eigenvalue weighted by atomic mass is 32.1. The van der Waals surface area contributed by atoms with Crippen LogP contribution in [0.25, 0.3) is 0 Å². The maximum Gasteiger partial charge on any atom is 0.261 e. The first-order valence-corrected chi connectivity index (χ1v) is 8.40. The van der Waals surface area contributed by atoms with Crippen molar-refractivity contribution in [1.29, 1.82) is 0 Å². The van der Waals surface area contributed by atoms with Gasteiger partial charge in [-0.1, -0.05) is 12.1 Å². The van der Waals surface area contributed by atoms with Crippen molar-refractivity contribution >= 4 is 23.2 Å². The van der Waals surface area contributed by atoms with Gasteiger partial charge >= 0.3 is 0 Å². The van der Waals surface area contributed by atoms with E-state index in [1.54, 1.807) is 31.0 Å². The van der Waals surface area contributed by atoms with Crippen LogP contribution in [0.4, 0.5) is 0 Å². The summed E-state index contributed by atoms with van der Waals surface area (Å²) in [5.74, 6) is 1.01. The summed E-state index contributed by atoms with van der Waals surface area (Å²) >= 11 is 1.34. The molecule has 0 radical (unpaired) electrons. The summed E-state index contributed by atoms with van der Waals surface area (Å²) in [4.78, 5) is 26.6. The molecule has 0 spiro atoms. The normalized spacial score (nSPS) is 13.4. The molecule has 126 valence electrons. The molecule has 0 fully saturated rings. The first kappa shape index (κ1) is 16.3. The lowest BCUT2D eigenvalue weighted by atomic mass is 10.2. The zero-order valence-electron chi connectivity index (χ0n) is 13.4. The van der Waals surface area contributed by atoms with Crippen molar-refractivity contribution in [2.75, 3.05) is 13.8 Å². The standard InChI is InChI=1S/C17H18N2O4S/c1-11(18-16(20)15-4-3-7-24-15)17(21)19(2)9-12-5-6-13-14(8-12)23-10-22-13/h3-8,11H,9-10H2,1-2H3,(H,18,20)/t11-/m1/s1. The third-order valence-electron chi connectivity index (χ3n) is 3.70. The van der Waals surface area contributed by atoms with E-state index in [2.05, 4.69) is 5.32 Å². The predicted molar refractivity (Wildman–Crippen MR) is 90.3 cm³/mol. The topological polar surface area (TPSA) is 67.9 Å². The second kappa shape index (κ2) is 6.92. The van der Waals surface area contributed by atoms with E-state index >= 15 is 0 Å². The Hall–Kier alpha value is -2.54. The van der Waals surface area contributed by atoms with Crippen LogP contribution in [-0.2, 0) is 11.3 Å². The van der Waals surface area contributed by atoms with Crippen molar-refractivity contribution in [3.05, 3.63) is 46.2 Å². The average molecular weight is 346 g/mol. The van der Waals surface area contributed by atoms with Crippen LogP contribution < -0.4 is 14.8 Å². The van der Waals surface area contributed by atoms with Crippen LogP contribution in [0.3, 0.4) is 0 Å². The van der Waals surface area contributed by atoms with Crippen molar-refractivity contribution in [1.82, 2.24) is 10.2 Å². The number of rotatable bonds is 5. The van der Waals surface area contributed by atoms with Gasteiger partial charge in [0.15, 0.2) is 11.5 Å². The number of benzene rings is 1. The Kier molecular flexibility index (Phi) is 4.71. The molecule has 2 amide bonds. The molecule has 1 aliphatic heterocycles. The van der Waals surface area contributed by atoms with Gasteiger partial charge in [-0.2, -0.15) is 0 Å². The molecule has 24 heavy (non-hydrogen) atoms. The number of carbonyl (C=O) groups is 2. The first-order valence-electron chi connectivity index (χ1n) is 7.52. The molecule has 2 aromatic rings. The fourth-order valence-corrected chi connectivity index (χ4v) is 3.09. The molecular formula is C17H18N2O4S. The summed E-state index contributed by atoms with van der Waals surface area (Å²) in [7, 11) is 1.71. The summed E-state index contributed by atoms with van der Waals surface area (Å²) in [5.41, 5.74) is 0.937. The van der Waals surface area contributed by atoms with E-state index < -0.39 is 6.04 Å². The van der Waals surface area contributed by atoms with Crippen LogP contribution in [0.15, 0.2) is 35.7 Å². The monoisotopic (exact) mass is 346 g/mol. The zero-order valence-corrected chi connectivity index (χ0v) is 14.3. The highest BCUT2D eigenvalue weighted by Gasteiger charge is 2.21. The van der Waals surface area contributed by atoms with Crippen LogP contribution in [0.5, 0.6) is 11.5 Å². The van der Waals surface area contributed by atoms with Crippen LogP contribution >= 0.6 is 11.3 Å². The third-order valence-corrected chi connectivity index (χ3v) is 4.56. The molecule has 0 aliphatic carbocycles. The summed E-state index contributed by atoms with van der Waals surface area (Å²) in [6.07, 6.45) is 0. The molecule has 6 nitrogen and oxygen atoms in total. The molecule has 0 unspecified atom stereocenters. The molecular weight excluding hydrogens is 328 g/mol. The van der Waals surface area contributed by atoms with Crippen molar-refractivity contribution in [3.8, 4) is 11.5 Å². The Morgan fingerprint density at radius 3 is 2.83 bits per heavy atom. The van der Waals surface area contributed by atoms with E-state index in [1.807, 2.05) is 23.6 Å². The Morgan fingerprint density at radius 1 is 1.29 bits per heavy atom. The van der Waals surface area contributed by atoms with Gasteiger partial charge in [0.25, 0.3) is 5.91 Å². The Bertz CT molecular complexity index is 745. The quantitative estimate of drug-likeness (QED) is 0.902. The fourth-order valence-electron chi connectivity index (χ4n) is 2.46. The lowest BCUT2D eigenvalue weighted by Gasteiger charge is -2.22. The largest absolute Gasteiger partial charge is 0.454 e. The van der Waals surface area contributed by atoms with Crippen LogP contribution in [0.1, 0.15) is 22.2 Å². The number of carbonyl (C=O) groups excluding carboxylic acids is 2. The lowest BCUT2D eigenvalue weighted by molar-refractivity contribution is -0.132. The molecule has 2 heterocycles. The maximum absolute atomic E-state index is 12.4. The van der Waals surface area contributed by atoms with Crippen molar-refractivity contribution < 1.29 is 19.1 Å². The summed E-state index contributed by atoms with van der Waals surface area (Å²) in [5, 5.41) is 4.55. The minimum Gasteiger partial charge on any atom is -0.454 e. The predicted octanol–water partition coefficient (Wildman–Crippen LogP) is 2.25. The second-order valence-electron chi connectivity index (χ2n) is 5.55. The van der Waals surface area contributed by atoms with Gasteiger partial charge in [0, 0.05) is 13.6 Å². The van der Waals surface area contributed by atoms with Gasteiger partial charge in [-0.05, 0) is 36.1 Å². The average Bonchev–Trinajstić information content (AvgIpc) is 3.24. The van der Waals surface area contributed by atoms with Gasteiger partial charge in [-0.15, -0.1) is 11.3 Å². The first-order chi connectivity index (χ1) is 11.5. The number of fused-ring (bicyclic) bond motifs is 1.